The van der Waals surface area contributed by atoms with Crippen molar-refractivity contribution in [3.63, 3.8) is 0 Å². The van der Waals surface area contributed by atoms with Crippen LogP contribution in [0.4, 0.5) is 0 Å². The Balaban J connectivity index is 0.00000121. The van der Waals surface area contributed by atoms with Crippen LogP contribution in [0.2, 0.25) is 0 Å². The van der Waals surface area contributed by atoms with E-state index in [2.05, 4.69) is 19.0 Å². The van der Waals surface area contributed by atoms with Crippen LogP contribution < -0.4 is 0 Å². The third kappa shape index (κ3) is 3.74. The summed E-state index contributed by atoms with van der Waals surface area (Å²) < 4.78 is 0. The Labute approximate surface area is 81.4 Å². The fourth-order valence-electron chi connectivity index (χ4n) is 1.78. The number of aliphatic hydroxyl groups is 1. The summed E-state index contributed by atoms with van der Waals surface area (Å²) in [6.45, 7) is 0. The molecule has 1 fully saturated rings. The zero-order chi connectivity index (χ0) is 8.27. The van der Waals surface area contributed by atoms with Gasteiger partial charge in [0.05, 0.1) is 6.10 Å². The van der Waals surface area contributed by atoms with E-state index in [1.54, 1.807) is 0 Å². The maximum absolute atomic E-state index is 9.48. The molecule has 0 heterocycles. The Kier molecular flexibility index (Phi) is 5.89. The molecule has 74 valence electrons. The SMILES string of the molecule is CN(C)C1CCCCC(O)C1.Cl. The maximum Gasteiger partial charge on any atom is 0.0555 e. The topological polar surface area (TPSA) is 23.5 Å². The highest BCUT2D eigenvalue weighted by atomic mass is 35.5. The van der Waals surface area contributed by atoms with E-state index < -0.39 is 0 Å². The van der Waals surface area contributed by atoms with E-state index in [0.717, 1.165) is 12.8 Å². The minimum Gasteiger partial charge on any atom is -0.393 e. The maximum atomic E-state index is 9.48. The second-order valence-corrected chi connectivity index (χ2v) is 3.79. The first-order valence-corrected chi connectivity index (χ1v) is 4.54. The molecule has 1 rings (SSSR count). The summed E-state index contributed by atoms with van der Waals surface area (Å²) in [5.74, 6) is 0. The van der Waals surface area contributed by atoms with Gasteiger partial charge in [-0.05, 0) is 33.4 Å². The molecule has 0 saturated heterocycles. The molecule has 12 heavy (non-hydrogen) atoms. The van der Waals surface area contributed by atoms with Crippen molar-refractivity contribution in [1.29, 1.82) is 0 Å². The van der Waals surface area contributed by atoms with Gasteiger partial charge in [0.25, 0.3) is 0 Å². The summed E-state index contributed by atoms with van der Waals surface area (Å²) in [4.78, 5) is 2.23. The Morgan fingerprint density at radius 2 is 1.75 bits per heavy atom. The molecule has 1 N–H and O–H groups in total. The Hall–Kier alpha value is 0.210. The quantitative estimate of drug-likeness (QED) is 0.641. The molecule has 2 nitrogen and oxygen atoms in total. The molecular formula is C9H20ClNO. The van der Waals surface area contributed by atoms with Crippen LogP contribution in [0.15, 0.2) is 0 Å². The lowest BCUT2D eigenvalue weighted by atomic mass is 10.1. The number of hydrogen-bond acceptors (Lipinski definition) is 2. The van der Waals surface area contributed by atoms with Crippen LogP contribution in [-0.2, 0) is 0 Å². The van der Waals surface area contributed by atoms with Crippen molar-refractivity contribution >= 4 is 12.4 Å². The average molecular weight is 194 g/mol. The molecule has 3 heteroatoms. The molecule has 0 aromatic heterocycles. The normalized spacial score (nSPS) is 31.0. The highest BCUT2D eigenvalue weighted by molar-refractivity contribution is 5.85. The molecule has 1 aliphatic rings. The summed E-state index contributed by atoms with van der Waals surface area (Å²) in [6, 6.07) is 0.604. The van der Waals surface area contributed by atoms with Crippen LogP contribution in [0, 0.1) is 0 Å². The van der Waals surface area contributed by atoms with Gasteiger partial charge in [0.1, 0.15) is 0 Å². The zero-order valence-electron chi connectivity index (χ0n) is 7.99. The summed E-state index contributed by atoms with van der Waals surface area (Å²) in [5, 5.41) is 9.48. The minimum absolute atomic E-state index is 0. The van der Waals surface area contributed by atoms with E-state index in [4.69, 9.17) is 0 Å². The largest absolute Gasteiger partial charge is 0.393 e. The van der Waals surface area contributed by atoms with Crippen molar-refractivity contribution in [2.75, 3.05) is 14.1 Å². The van der Waals surface area contributed by atoms with E-state index >= 15 is 0 Å². The molecule has 1 saturated carbocycles. The molecule has 2 atom stereocenters. The average Bonchev–Trinajstić information content (AvgIpc) is 2.13. The van der Waals surface area contributed by atoms with Gasteiger partial charge in [-0.15, -0.1) is 12.4 Å². The number of rotatable bonds is 1. The molecule has 0 aromatic rings. The molecule has 1 aliphatic carbocycles. The van der Waals surface area contributed by atoms with Gasteiger partial charge >= 0.3 is 0 Å². The van der Waals surface area contributed by atoms with Gasteiger partial charge < -0.3 is 10.0 Å². The van der Waals surface area contributed by atoms with Crippen LogP contribution in [0.25, 0.3) is 0 Å². The van der Waals surface area contributed by atoms with Gasteiger partial charge in [0.2, 0.25) is 0 Å². The first kappa shape index (κ1) is 12.2. The molecule has 0 aromatic carbocycles. The summed E-state index contributed by atoms with van der Waals surface area (Å²) in [7, 11) is 4.20. The Bertz CT molecular complexity index is 119. The van der Waals surface area contributed by atoms with E-state index in [1.165, 1.54) is 19.3 Å². The van der Waals surface area contributed by atoms with Crippen LogP contribution in [0.5, 0.6) is 0 Å². The Morgan fingerprint density at radius 3 is 2.33 bits per heavy atom. The first-order chi connectivity index (χ1) is 5.20. The van der Waals surface area contributed by atoms with Crippen LogP contribution in [-0.4, -0.2) is 36.2 Å². The van der Waals surface area contributed by atoms with Gasteiger partial charge in [-0.25, -0.2) is 0 Å². The molecule has 0 bridgehead atoms. The lowest BCUT2D eigenvalue weighted by molar-refractivity contribution is 0.125. The molecular weight excluding hydrogens is 174 g/mol. The monoisotopic (exact) mass is 193 g/mol. The molecule has 0 aliphatic heterocycles. The summed E-state index contributed by atoms with van der Waals surface area (Å²) in [5.41, 5.74) is 0. The fourth-order valence-corrected chi connectivity index (χ4v) is 1.78. The van der Waals surface area contributed by atoms with Crippen LogP contribution in [0.1, 0.15) is 32.1 Å². The highest BCUT2D eigenvalue weighted by Crippen LogP contribution is 2.20. The third-order valence-electron chi connectivity index (χ3n) is 2.60. The molecule has 0 radical (unpaired) electrons. The van der Waals surface area contributed by atoms with E-state index in [1.807, 2.05) is 0 Å². The van der Waals surface area contributed by atoms with Gasteiger partial charge in [-0.3, -0.25) is 0 Å². The summed E-state index contributed by atoms with van der Waals surface area (Å²) in [6.07, 6.45) is 5.65. The van der Waals surface area contributed by atoms with Crippen molar-refractivity contribution in [3.05, 3.63) is 0 Å². The number of nitrogens with zero attached hydrogens (tertiary/aromatic N) is 1. The number of aliphatic hydroxyl groups excluding tert-OH is 1. The third-order valence-corrected chi connectivity index (χ3v) is 2.60. The minimum atomic E-state index is -0.0510. The van der Waals surface area contributed by atoms with Gasteiger partial charge in [0.15, 0.2) is 0 Å². The molecule has 0 amide bonds. The van der Waals surface area contributed by atoms with Gasteiger partial charge in [0, 0.05) is 6.04 Å². The van der Waals surface area contributed by atoms with Crippen molar-refractivity contribution in [2.24, 2.45) is 0 Å². The second-order valence-electron chi connectivity index (χ2n) is 3.79. The highest BCUT2D eigenvalue weighted by Gasteiger charge is 2.19. The predicted octanol–water partition coefficient (Wildman–Crippen LogP) is 1.66. The molecule has 2 unspecified atom stereocenters. The van der Waals surface area contributed by atoms with Crippen molar-refractivity contribution in [3.8, 4) is 0 Å². The van der Waals surface area contributed by atoms with E-state index in [0.29, 0.717) is 6.04 Å². The lowest BCUT2D eigenvalue weighted by Gasteiger charge is -2.23. The standard InChI is InChI=1S/C9H19NO.ClH/c1-10(2)8-5-3-4-6-9(11)7-8;/h8-9,11H,3-7H2,1-2H3;1H. The van der Waals surface area contributed by atoms with E-state index in [-0.39, 0.29) is 18.5 Å². The number of hydrogen-bond donors (Lipinski definition) is 1. The molecule has 0 spiro atoms. The van der Waals surface area contributed by atoms with Gasteiger partial charge in [-0.2, -0.15) is 0 Å². The first-order valence-electron chi connectivity index (χ1n) is 4.54. The van der Waals surface area contributed by atoms with Crippen molar-refractivity contribution in [1.82, 2.24) is 4.90 Å². The second kappa shape index (κ2) is 5.79. The predicted molar refractivity (Wildman–Crippen MR) is 53.8 cm³/mol. The van der Waals surface area contributed by atoms with Crippen molar-refractivity contribution in [2.45, 2.75) is 44.2 Å². The van der Waals surface area contributed by atoms with Crippen molar-refractivity contribution < 1.29 is 5.11 Å². The van der Waals surface area contributed by atoms with Crippen LogP contribution in [0.3, 0.4) is 0 Å². The summed E-state index contributed by atoms with van der Waals surface area (Å²) >= 11 is 0. The zero-order valence-corrected chi connectivity index (χ0v) is 8.81. The number of halogens is 1. The Morgan fingerprint density at radius 1 is 1.17 bits per heavy atom. The lowest BCUT2D eigenvalue weighted by Crippen LogP contribution is -2.30. The van der Waals surface area contributed by atoms with Crippen LogP contribution >= 0.6 is 12.4 Å². The van der Waals surface area contributed by atoms with Gasteiger partial charge in [-0.1, -0.05) is 12.8 Å². The van der Waals surface area contributed by atoms with E-state index in [9.17, 15) is 5.11 Å². The fraction of sp³-hybridized carbons (Fsp3) is 1.00. The smallest absolute Gasteiger partial charge is 0.0555 e.